The van der Waals surface area contributed by atoms with Gasteiger partial charge in [-0.3, -0.25) is 4.98 Å². The molecule has 0 saturated carbocycles. The van der Waals surface area contributed by atoms with Crippen LogP contribution in [0.4, 0.5) is 0 Å². The van der Waals surface area contributed by atoms with Gasteiger partial charge in [-0.2, -0.15) is 0 Å². The maximum atomic E-state index is 5.86. The number of rotatable bonds is 9. The van der Waals surface area contributed by atoms with Crippen LogP contribution in [0.5, 0.6) is 5.75 Å². The maximum Gasteiger partial charge on any atom is 0.119 e. The lowest BCUT2D eigenvalue weighted by Crippen LogP contribution is -2.16. The topological polar surface area (TPSA) is 47.0 Å². The normalized spacial score (nSPS) is 10.8. The van der Waals surface area contributed by atoms with Gasteiger partial charge >= 0.3 is 0 Å². The van der Waals surface area contributed by atoms with E-state index < -0.39 is 0 Å². The van der Waals surface area contributed by atoms with Crippen molar-refractivity contribution in [1.29, 1.82) is 0 Å². The lowest BCUT2D eigenvalue weighted by Gasteiger charge is -2.06. The van der Waals surface area contributed by atoms with Crippen LogP contribution >= 0.6 is 11.3 Å². The number of benzene rings is 2. The minimum Gasteiger partial charge on any atom is -0.489 e. The fourth-order valence-electron chi connectivity index (χ4n) is 2.94. The molecule has 0 radical (unpaired) electrons. The Morgan fingerprint density at radius 2 is 1.69 bits per heavy atom. The predicted molar refractivity (Wildman–Crippen MR) is 118 cm³/mol. The third-order valence-corrected chi connectivity index (χ3v) is 5.55. The Labute approximate surface area is 175 Å². The van der Waals surface area contributed by atoms with Gasteiger partial charge in [0.15, 0.2) is 0 Å². The summed E-state index contributed by atoms with van der Waals surface area (Å²) in [5.41, 5.74) is 3.43. The van der Waals surface area contributed by atoms with Gasteiger partial charge in [-0.1, -0.05) is 36.4 Å². The minimum atomic E-state index is 0.578. The van der Waals surface area contributed by atoms with Crippen LogP contribution in [0.1, 0.15) is 16.3 Å². The van der Waals surface area contributed by atoms with Crippen molar-refractivity contribution in [2.45, 2.75) is 19.6 Å². The first-order chi connectivity index (χ1) is 14.4. The van der Waals surface area contributed by atoms with Gasteiger partial charge in [0.1, 0.15) is 17.4 Å². The second-order valence-electron chi connectivity index (χ2n) is 6.66. The number of ether oxygens (including phenoxy) is 1. The van der Waals surface area contributed by atoms with Crippen molar-refractivity contribution in [3.8, 4) is 16.2 Å². The van der Waals surface area contributed by atoms with E-state index in [1.165, 1.54) is 10.4 Å². The van der Waals surface area contributed by atoms with E-state index in [1.807, 2.05) is 54.9 Å². The van der Waals surface area contributed by atoms with E-state index >= 15 is 0 Å². The molecule has 5 heteroatoms. The van der Waals surface area contributed by atoms with Crippen LogP contribution in [-0.4, -0.2) is 16.5 Å². The van der Waals surface area contributed by atoms with E-state index in [0.29, 0.717) is 6.61 Å². The van der Waals surface area contributed by atoms with Crippen LogP contribution in [0.2, 0.25) is 0 Å². The van der Waals surface area contributed by atoms with Gasteiger partial charge in [0.25, 0.3) is 0 Å². The molecule has 0 aliphatic carbocycles. The summed E-state index contributed by atoms with van der Waals surface area (Å²) in [5, 5.41) is 4.53. The van der Waals surface area contributed by atoms with Crippen molar-refractivity contribution in [3.05, 3.63) is 101 Å². The summed E-state index contributed by atoms with van der Waals surface area (Å²) < 4.78 is 5.86. The summed E-state index contributed by atoms with van der Waals surface area (Å²) in [4.78, 5) is 10.1. The number of thiazole rings is 1. The number of hydrogen-bond donors (Lipinski definition) is 1. The first-order valence-corrected chi connectivity index (χ1v) is 10.5. The van der Waals surface area contributed by atoms with Crippen LogP contribution in [-0.2, 0) is 19.6 Å². The zero-order valence-corrected chi connectivity index (χ0v) is 16.9. The Kier molecular flexibility index (Phi) is 6.63. The summed E-state index contributed by atoms with van der Waals surface area (Å²) in [6.07, 6.45) is 4.70. The highest BCUT2D eigenvalue weighted by Crippen LogP contribution is 2.28. The van der Waals surface area contributed by atoms with Gasteiger partial charge < -0.3 is 10.1 Å². The molecule has 0 unspecified atom stereocenters. The molecular weight excluding hydrogens is 378 g/mol. The monoisotopic (exact) mass is 401 g/mol. The quantitative estimate of drug-likeness (QED) is 0.396. The predicted octanol–water partition coefficient (Wildman–Crippen LogP) is 5.12. The first-order valence-electron chi connectivity index (χ1n) is 9.69. The third-order valence-electron chi connectivity index (χ3n) is 4.50. The maximum absolute atomic E-state index is 5.86. The zero-order chi connectivity index (χ0) is 19.7. The Bertz CT molecular complexity index is 1000. The SMILES string of the molecule is c1ccc(COc2ccc(-c3cnc(CNCCc4ccccn4)s3)cc2)cc1. The molecule has 0 saturated heterocycles. The van der Waals surface area contributed by atoms with E-state index in [0.717, 1.165) is 41.5 Å². The highest BCUT2D eigenvalue weighted by Gasteiger charge is 2.05. The number of hydrogen-bond acceptors (Lipinski definition) is 5. The van der Waals surface area contributed by atoms with E-state index in [-0.39, 0.29) is 0 Å². The molecule has 2 aromatic heterocycles. The third kappa shape index (κ3) is 5.73. The average molecular weight is 402 g/mol. The Morgan fingerprint density at radius 1 is 0.862 bits per heavy atom. The lowest BCUT2D eigenvalue weighted by atomic mass is 10.2. The largest absolute Gasteiger partial charge is 0.489 e. The number of pyridine rings is 1. The fraction of sp³-hybridized carbons (Fsp3) is 0.167. The molecule has 4 aromatic rings. The summed E-state index contributed by atoms with van der Waals surface area (Å²) in [5.74, 6) is 0.874. The Balaban J connectivity index is 1.26. The first kappa shape index (κ1) is 19.3. The highest BCUT2D eigenvalue weighted by atomic mass is 32.1. The summed E-state index contributed by atoms with van der Waals surface area (Å²) in [6, 6.07) is 24.4. The van der Waals surface area contributed by atoms with E-state index in [2.05, 4.69) is 45.6 Å². The van der Waals surface area contributed by atoms with Crippen LogP contribution in [0.15, 0.2) is 85.2 Å². The standard InChI is InChI=1S/C24H23N3OS/c1-2-6-19(7-3-1)18-28-22-11-9-20(10-12-22)23-16-27-24(29-23)17-25-15-13-21-8-4-5-14-26-21/h1-12,14,16,25H,13,15,17-18H2. The molecule has 1 N–H and O–H groups in total. The second-order valence-corrected chi connectivity index (χ2v) is 7.78. The molecule has 2 heterocycles. The molecule has 0 spiro atoms. The van der Waals surface area contributed by atoms with Crippen LogP contribution in [0, 0.1) is 0 Å². The summed E-state index contributed by atoms with van der Waals surface area (Å²) in [6.45, 7) is 2.24. The van der Waals surface area contributed by atoms with Gasteiger partial charge in [0, 0.05) is 37.6 Å². The van der Waals surface area contributed by atoms with Gasteiger partial charge in [-0.05, 0) is 47.5 Å². The Hall–Kier alpha value is -3.02. The smallest absolute Gasteiger partial charge is 0.119 e. The van der Waals surface area contributed by atoms with Gasteiger partial charge in [0.05, 0.1) is 4.88 Å². The molecule has 146 valence electrons. The van der Waals surface area contributed by atoms with Gasteiger partial charge in [-0.25, -0.2) is 4.98 Å². The van der Waals surface area contributed by atoms with E-state index in [1.54, 1.807) is 11.3 Å². The van der Waals surface area contributed by atoms with Gasteiger partial charge in [-0.15, -0.1) is 11.3 Å². The molecule has 0 aliphatic rings. The number of nitrogens with zero attached hydrogens (tertiary/aromatic N) is 2. The van der Waals surface area contributed by atoms with Crippen molar-refractivity contribution in [2.75, 3.05) is 6.54 Å². The average Bonchev–Trinajstić information content (AvgIpc) is 3.26. The van der Waals surface area contributed by atoms with Crippen LogP contribution in [0.3, 0.4) is 0 Å². The van der Waals surface area contributed by atoms with Crippen molar-refractivity contribution in [2.24, 2.45) is 0 Å². The summed E-state index contributed by atoms with van der Waals surface area (Å²) >= 11 is 1.72. The van der Waals surface area contributed by atoms with Crippen molar-refractivity contribution >= 4 is 11.3 Å². The van der Waals surface area contributed by atoms with Crippen molar-refractivity contribution in [3.63, 3.8) is 0 Å². The zero-order valence-electron chi connectivity index (χ0n) is 16.1. The van der Waals surface area contributed by atoms with Gasteiger partial charge in [0.2, 0.25) is 0 Å². The molecule has 4 nitrogen and oxygen atoms in total. The van der Waals surface area contributed by atoms with Crippen molar-refractivity contribution < 1.29 is 4.74 Å². The van der Waals surface area contributed by atoms with Crippen LogP contribution in [0.25, 0.3) is 10.4 Å². The Morgan fingerprint density at radius 3 is 2.48 bits per heavy atom. The minimum absolute atomic E-state index is 0.578. The second kappa shape index (κ2) is 9.96. The summed E-state index contributed by atoms with van der Waals surface area (Å²) in [7, 11) is 0. The van der Waals surface area contributed by atoms with Crippen LogP contribution < -0.4 is 10.1 Å². The molecule has 4 rings (SSSR count). The molecule has 29 heavy (non-hydrogen) atoms. The number of aromatic nitrogens is 2. The molecule has 0 fully saturated rings. The molecule has 2 aromatic carbocycles. The lowest BCUT2D eigenvalue weighted by molar-refractivity contribution is 0.306. The molecule has 0 amide bonds. The van der Waals surface area contributed by atoms with E-state index in [4.69, 9.17) is 4.74 Å². The fourth-order valence-corrected chi connectivity index (χ4v) is 3.83. The number of nitrogens with one attached hydrogen (secondary N) is 1. The van der Waals surface area contributed by atoms with E-state index in [9.17, 15) is 0 Å². The van der Waals surface area contributed by atoms with Crippen molar-refractivity contribution in [1.82, 2.24) is 15.3 Å². The molecule has 0 aliphatic heterocycles. The molecular formula is C24H23N3OS. The highest BCUT2D eigenvalue weighted by molar-refractivity contribution is 7.15. The molecule has 0 atom stereocenters. The molecule has 0 bridgehead atoms.